The van der Waals surface area contributed by atoms with Gasteiger partial charge in [0.05, 0.1) is 12.1 Å². The minimum absolute atomic E-state index is 0.0617. The predicted molar refractivity (Wildman–Crippen MR) is 124 cm³/mol. The maximum atomic E-state index is 12.3. The molecule has 10 heteroatoms. The number of anilines is 2. The predicted octanol–water partition coefficient (Wildman–Crippen LogP) is 4.24. The Bertz CT molecular complexity index is 934. The van der Waals surface area contributed by atoms with E-state index in [9.17, 15) is 4.79 Å². The van der Waals surface area contributed by atoms with Gasteiger partial charge >= 0.3 is 12.1 Å². The van der Waals surface area contributed by atoms with Gasteiger partial charge in [-0.3, -0.25) is 4.90 Å². The largest absolute Gasteiger partial charge is 0.447 e. The van der Waals surface area contributed by atoms with Gasteiger partial charge in [-0.2, -0.15) is 0 Å². The van der Waals surface area contributed by atoms with Gasteiger partial charge in [0.2, 0.25) is 5.89 Å². The lowest BCUT2D eigenvalue weighted by Crippen LogP contribution is -2.54. The second-order valence-corrected chi connectivity index (χ2v) is 8.97. The molecule has 1 saturated heterocycles. The van der Waals surface area contributed by atoms with Crippen LogP contribution in [-0.2, 0) is 11.3 Å². The van der Waals surface area contributed by atoms with E-state index in [1.807, 2.05) is 46.8 Å². The number of rotatable bonds is 7. The Morgan fingerprint density at radius 1 is 1.38 bits per heavy atom. The molecular weight excluding hydrogens is 432 g/mol. The van der Waals surface area contributed by atoms with Crippen LogP contribution in [0.1, 0.15) is 57.2 Å². The summed E-state index contributed by atoms with van der Waals surface area (Å²) in [6.07, 6.45) is 0.336. The molecule has 9 nitrogen and oxygen atoms in total. The molecule has 2 aromatic rings. The van der Waals surface area contributed by atoms with Crippen molar-refractivity contribution in [2.45, 2.75) is 65.8 Å². The van der Waals surface area contributed by atoms with E-state index in [2.05, 4.69) is 20.4 Å². The Labute approximate surface area is 194 Å². The summed E-state index contributed by atoms with van der Waals surface area (Å²) < 4.78 is 11.0. The summed E-state index contributed by atoms with van der Waals surface area (Å²) in [5.41, 5.74) is 8.91. The number of nitrogens with zero attached hydrogens (tertiary/aromatic N) is 4. The highest BCUT2D eigenvalue weighted by molar-refractivity contribution is 6.31. The van der Waals surface area contributed by atoms with E-state index >= 15 is 0 Å². The Morgan fingerprint density at radius 3 is 2.78 bits per heavy atom. The van der Waals surface area contributed by atoms with Crippen LogP contribution in [0.25, 0.3) is 0 Å². The molecule has 0 bridgehead atoms. The molecule has 2 heterocycles. The van der Waals surface area contributed by atoms with Crippen molar-refractivity contribution in [3.8, 4) is 0 Å². The molecule has 1 fully saturated rings. The van der Waals surface area contributed by atoms with E-state index in [4.69, 9.17) is 26.5 Å². The zero-order valence-electron chi connectivity index (χ0n) is 19.4. The standard InChI is InChI=1S/C22H33ClN6O3/c1-6-18(24)20-26-27-21(32-20)25-19-10-17(23)9-16(15(19)5)12-28-7-8-29(14(4)11-28)22(30)31-13(2)3/h9-10,13-14,18H,6-8,11-12,24H2,1-5H3,(H,25,27)/t14-,18?/m0/s1. The molecule has 32 heavy (non-hydrogen) atoms. The highest BCUT2D eigenvalue weighted by atomic mass is 35.5. The summed E-state index contributed by atoms with van der Waals surface area (Å²) >= 11 is 6.41. The minimum atomic E-state index is -0.285. The monoisotopic (exact) mass is 464 g/mol. The maximum Gasteiger partial charge on any atom is 0.410 e. The molecule has 0 saturated carbocycles. The van der Waals surface area contributed by atoms with Crippen molar-refractivity contribution in [1.29, 1.82) is 0 Å². The van der Waals surface area contributed by atoms with E-state index < -0.39 is 0 Å². The lowest BCUT2D eigenvalue weighted by atomic mass is 10.0. The van der Waals surface area contributed by atoms with Crippen molar-refractivity contribution in [2.24, 2.45) is 5.73 Å². The summed E-state index contributed by atoms with van der Waals surface area (Å²) in [7, 11) is 0. The van der Waals surface area contributed by atoms with Crippen LogP contribution in [0.15, 0.2) is 16.5 Å². The van der Waals surface area contributed by atoms with Crippen molar-refractivity contribution >= 4 is 29.4 Å². The van der Waals surface area contributed by atoms with Gasteiger partial charge in [0.25, 0.3) is 0 Å². The van der Waals surface area contributed by atoms with Gasteiger partial charge in [-0.05, 0) is 57.4 Å². The zero-order valence-corrected chi connectivity index (χ0v) is 20.1. The van der Waals surface area contributed by atoms with E-state index in [1.165, 1.54) is 0 Å². The van der Waals surface area contributed by atoms with E-state index in [1.54, 1.807) is 4.90 Å². The minimum Gasteiger partial charge on any atom is -0.447 e. The summed E-state index contributed by atoms with van der Waals surface area (Å²) in [4.78, 5) is 16.4. The molecule has 0 aliphatic carbocycles. The molecule has 1 aromatic carbocycles. The average molecular weight is 465 g/mol. The number of hydrogen-bond acceptors (Lipinski definition) is 8. The third-order valence-electron chi connectivity index (χ3n) is 5.60. The number of benzene rings is 1. The summed E-state index contributed by atoms with van der Waals surface area (Å²) in [5.74, 6) is 0.401. The van der Waals surface area contributed by atoms with Crippen molar-refractivity contribution in [1.82, 2.24) is 20.0 Å². The van der Waals surface area contributed by atoms with Crippen LogP contribution < -0.4 is 11.1 Å². The maximum absolute atomic E-state index is 12.3. The number of nitrogens with two attached hydrogens (primary N) is 1. The lowest BCUT2D eigenvalue weighted by molar-refractivity contribution is 0.0349. The first-order valence-corrected chi connectivity index (χ1v) is 11.4. The van der Waals surface area contributed by atoms with Crippen molar-refractivity contribution < 1.29 is 13.9 Å². The van der Waals surface area contributed by atoms with Crippen LogP contribution >= 0.6 is 11.6 Å². The van der Waals surface area contributed by atoms with Gasteiger partial charge in [-0.25, -0.2) is 4.79 Å². The Hall–Kier alpha value is -2.36. The molecule has 1 amide bonds. The van der Waals surface area contributed by atoms with Gasteiger partial charge in [0, 0.05) is 42.9 Å². The Kier molecular flexibility index (Phi) is 7.97. The quantitative estimate of drug-likeness (QED) is 0.626. The van der Waals surface area contributed by atoms with Gasteiger partial charge in [0.15, 0.2) is 0 Å². The number of carbonyl (C=O) groups is 1. The fraction of sp³-hybridized carbons (Fsp3) is 0.591. The molecule has 3 N–H and O–H groups in total. The van der Waals surface area contributed by atoms with Crippen molar-refractivity contribution in [3.05, 3.63) is 34.2 Å². The molecule has 0 spiro atoms. The van der Waals surface area contributed by atoms with Crippen molar-refractivity contribution in [2.75, 3.05) is 25.0 Å². The highest BCUT2D eigenvalue weighted by Gasteiger charge is 2.29. The molecule has 1 aliphatic rings. The SMILES string of the molecule is CCC(N)c1nnc(Nc2cc(Cl)cc(CN3CCN(C(=O)OC(C)C)[C@@H](C)C3)c2C)o1. The van der Waals surface area contributed by atoms with Gasteiger partial charge in [-0.1, -0.05) is 23.6 Å². The van der Waals surface area contributed by atoms with E-state index in [0.29, 0.717) is 30.4 Å². The first-order chi connectivity index (χ1) is 15.2. The second kappa shape index (κ2) is 10.5. The first kappa shape index (κ1) is 24.3. The molecule has 2 atom stereocenters. The first-order valence-electron chi connectivity index (χ1n) is 11.0. The number of aromatic nitrogens is 2. The van der Waals surface area contributed by atoms with E-state index in [0.717, 1.165) is 29.9 Å². The Balaban J connectivity index is 1.68. The average Bonchev–Trinajstić information content (AvgIpc) is 3.19. The number of piperazine rings is 1. The van der Waals surface area contributed by atoms with Crippen molar-refractivity contribution in [3.63, 3.8) is 0 Å². The topological polar surface area (TPSA) is 110 Å². The number of ether oxygens (including phenoxy) is 1. The number of hydrogen-bond donors (Lipinski definition) is 2. The fourth-order valence-electron chi connectivity index (χ4n) is 3.71. The third-order valence-corrected chi connectivity index (χ3v) is 5.81. The number of halogens is 1. The van der Waals surface area contributed by atoms with Gasteiger partial charge in [-0.15, -0.1) is 5.10 Å². The van der Waals surface area contributed by atoms with Crippen LogP contribution in [0.3, 0.4) is 0 Å². The normalized spacial score (nSPS) is 18.1. The lowest BCUT2D eigenvalue weighted by Gasteiger charge is -2.39. The highest BCUT2D eigenvalue weighted by Crippen LogP contribution is 2.29. The molecule has 1 aliphatic heterocycles. The van der Waals surface area contributed by atoms with Gasteiger partial charge in [0.1, 0.15) is 0 Å². The molecule has 1 unspecified atom stereocenters. The van der Waals surface area contributed by atoms with Crippen LogP contribution in [0.5, 0.6) is 0 Å². The second-order valence-electron chi connectivity index (χ2n) is 8.53. The smallest absolute Gasteiger partial charge is 0.410 e. The van der Waals surface area contributed by atoms with Crippen LogP contribution in [-0.4, -0.2) is 57.9 Å². The summed E-state index contributed by atoms with van der Waals surface area (Å²) in [6.45, 7) is 12.6. The zero-order chi connectivity index (χ0) is 23.4. The molecule has 3 rings (SSSR count). The summed E-state index contributed by atoms with van der Waals surface area (Å²) in [6, 6.07) is 3.87. The number of amides is 1. The van der Waals surface area contributed by atoms with Crippen LogP contribution in [0.2, 0.25) is 5.02 Å². The Morgan fingerprint density at radius 2 is 2.12 bits per heavy atom. The molecule has 1 aromatic heterocycles. The third kappa shape index (κ3) is 5.90. The number of carbonyl (C=O) groups excluding carboxylic acids is 1. The molecule has 176 valence electrons. The fourth-order valence-corrected chi connectivity index (χ4v) is 3.95. The molecule has 0 radical (unpaired) electrons. The molecular formula is C22H33ClN6O3. The van der Waals surface area contributed by atoms with Gasteiger partial charge < -0.3 is 25.1 Å². The van der Waals surface area contributed by atoms with Crippen LogP contribution in [0.4, 0.5) is 16.5 Å². The van der Waals surface area contributed by atoms with E-state index in [-0.39, 0.29) is 30.3 Å². The number of nitrogens with one attached hydrogen (secondary N) is 1. The van der Waals surface area contributed by atoms with Crippen LogP contribution in [0, 0.1) is 6.92 Å². The summed E-state index contributed by atoms with van der Waals surface area (Å²) in [5, 5.41) is 11.8.